The molecule has 1 aliphatic heterocycles. The minimum atomic E-state index is 0.303. The summed E-state index contributed by atoms with van der Waals surface area (Å²) in [6.45, 7) is 7.18. The van der Waals surface area contributed by atoms with Gasteiger partial charge in [0.1, 0.15) is 0 Å². The van der Waals surface area contributed by atoms with Crippen molar-refractivity contribution in [2.45, 2.75) is 82.3 Å². The molecule has 1 saturated heterocycles. The van der Waals surface area contributed by atoms with E-state index >= 15 is 0 Å². The van der Waals surface area contributed by atoms with Crippen LogP contribution >= 0.6 is 0 Å². The van der Waals surface area contributed by atoms with E-state index < -0.39 is 0 Å². The van der Waals surface area contributed by atoms with Gasteiger partial charge in [-0.05, 0) is 58.3 Å². The Kier molecular flexibility index (Phi) is 5.13. The number of nitrogens with zero attached hydrogens (tertiary/aromatic N) is 1. The fourth-order valence-corrected chi connectivity index (χ4v) is 4.25. The van der Waals surface area contributed by atoms with Crippen LogP contribution in [-0.4, -0.2) is 62.2 Å². The highest BCUT2D eigenvalue weighted by Crippen LogP contribution is 2.42. The van der Waals surface area contributed by atoms with Gasteiger partial charge in [-0.3, -0.25) is 4.90 Å². The van der Waals surface area contributed by atoms with E-state index in [4.69, 9.17) is 14.2 Å². The number of ether oxygens (including phenoxy) is 3. The lowest BCUT2D eigenvalue weighted by Crippen LogP contribution is -2.57. The van der Waals surface area contributed by atoms with Crippen LogP contribution in [0.3, 0.4) is 0 Å². The van der Waals surface area contributed by atoms with E-state index in [1.807, 2.05) is 7.11 Å². The van der Waals surface area contributed by atoms with Crippen LogP contribution in [0, 0.1) is 5.92 Å². The first-order chi connectivity index (χ1) is 10.5. The highest BCUT2D eigenvalue weighted by molar-refractivity contribution is 4.98. The first-order valence-corrected chi connectivity index (χ1v) is 8.99. The fourth-order valence-electron chi connectivity index (χ4n) is 4.25. The molecule has 2 aliphatic carbocycles. The molecule has 0 unspecified atom stereocenters. The lowest BCUT2D eigenvalue weighted by molar-refractivity contribution is -0.136. The zero-order chi connectivity index (χ0) is 15.7. The van der Waals surface area contributed by atoms with Crippen molar-refractivity contribution in [2.75, 3.05) is 27.3 Å². The van der Waals surface area contributed by atoms with Crippen molar-refractivity contribution in [1.82, 2.24) is 4.90 Å². The van der Waals surface area contributed by atoms with Gasteiger partial charge in [-0.25, -0.2) is 0 Å². The van der Waals surface area contributed by atoms with Crippen LogP contribution in [0.15, 0.2) is 0 Å². The molecule has 3 fully saturated rings. The molecular weight excluding hydrogens is 278 g/mol. The van der Waals surface area contributed by atoms with Gasteiger partial charge in [0.2, 0.25) is 0 Å². The maximum Gasteiger partial charge on any atom is 0.0628 e. The maximum absolute atomic E-state index is 6.23. The molecule has 128 valence electrons. The summed E-state index contributed by atoms with van der Waals surface area (Å²) < 4.78 is 17.0. The Morgan fingerprint density at radius 1 is 0.773 bits per heavy atom. The quantitative estimate of drug-likeness (QED) is 0.755. The molecule has 3 rings (SSSR count). The molecule has 0 bridgehead atoms. The van der Waals surface area contributed by atoms with Crippen molar-refractivity contribution < 1.29 is 14.2 Å². The summed E-state index contributed by atoms with van der Waals surface area (Å²) in [5.41, 5.74) is 0.303. The van der Waals surface area contributed by atoms with E-state index in [-0.39, 0.29) is 0 Å². The Labute approximate surface area is 135 Å². The molecule has 0 spiro atoms. The number of methoxy groups -OCH3 is 2. The molecule has 0 N–H and O–H groups in total. The molecule has 0 atom stereocenters. The molecule has 2 saturated carbocycles. The first-order valence-electron chi connectivity index (χ1n) is 8.99. The molecule has 0 aromatic carbocycles. The second-order valence-corrected chi connectivity index (χ2v) is 7.95. The van der Waals surface area contributed by atoms with E-state index in [9.17, 15) is 0 Å². The summed E-state index contributed by atoms with van der Waals surface area (Å²) >= 11 is 0. The third-order valence-corrected chi connectivity index (χ3v) is 6.45. The van der Waals surface area contributed by atoms with Crippen LogP contribution < -0.4 is 0 Å². The Morgan fingerprint density at radius 3 is 1.86 bits per heavy atom. The van der Waals surface area contributed by atoms with Crippen molar-refractivity contribution >= 4 is 0 Å². The van der Waals surface area contributed by atoms with Gasteiger partial charge in [0.25, 0.3) is 0 Å². The number of likely N-dealkylation sites (tertiary alicyclic amines) is 1. The van der Waals surface area contributed by atoms with E-state index in [1.165, 1.54) is 38.8 Å². The molecule has 22 heavy (non-hydrogen) atoms. The van der Waals surface area contributed by atoms with Crippen LogP contribution in [0.5, 0.6) is 0 Å². The predicted molar refractivity (Wildman–Crippen MR) is 87.1 cm³/mol. The van der Waals surface area contributed by atoms with Gasteiger partial charge in [-0.2, -0.15) is 0 Å². The average molecular weight is 311 g/mol. The van der Waals surface area contributed by atoms with Gasteiger partial charge in [0.15, 0.2) is 0 Å². The molecule has 1 heterocycles. The Balaban J connectivity index is 1.40. The van der Waals surface area contributed by atoms with E-state index in [0.29, 0.717) is 30.0 Å². The lowest BCUT2D eigenvalue weighted by atomic mass is 9.69. The summed E-state index contributed by atoms with van der Waals surface area (Å²) in [5.74, 6) is 0.781. The SMILES string of the molecule is CO[C@H]1C[C@H](OC2CCN(C(C)(C)[C@H]3C[C@H](OC)C3)CC2)C1. The molecule has 4 heteroatoms. The smallest absolute Gasteiger partial charge is 0.0628 e. The van der Waals surface area contributed by atoms with Crippen molar-refractivity contribution in [2.24, 2.45) is 5.92 Å². The van der Waals surface area contributed by atoms with Crippen molar-refractivity contribution in [3.63, 3.8) is 0 Å². The van der Waals surface area contributed by atoms with E-state index in [2.05, 4.69) is 18.7 Å². The van der Waals surface area contributed by atoms with Crippen molar-refractivity contribution in [3.8, 4) is 0 Å². The molecule has 4 nitrogen and oxygen atoms in total. The van der Waals surface area contributed by atoms with Gasteiger partial charge < -0.3 is 14.2 Å². The summed E-state index contributed by atoms with van der Waals surface area (Å²) in [4.78, 5) is 2.68. The van der Waals surface area contributed by atoms with Gasteiger partial charge in [-0.15, -0.1) is 0 Å². The monoisotopic (exact) mass is 311 g/mol. The highest BCUT2D eigenvalue weighted by atomic mass is 16.5. The molecule has 0 amide bonds. The van der Waals surface area contributed by atoms with Gasteiger partial charge >= 0.3 is 0 Å². The highest BCUT2D eigenvalue weighted by Gasteiger charge is 2.44. The van der Waals surface area contributed by atoms with Crippen LogP contribution in [0.4, 0.5) is 0 Å². The molecular formula is C18H33NO3. The van der Waals surface area contributed by atoms with Crippen LogP contribution in [-0.2, 0) is 14.2 Å². The normalized spacial score (nSPS) is 37.6. The third-order valence-electron chi connectivity index (χ3n) is 6.45. The van der Waals surface area contributed by atoms with Crippen molar-refractivity contribution in [1.29, 1.82) is 0 Å². The fraction of sp³-hybridized carbons (Fsp3) is 1.00. The number of hydrogen-bond donors (Lipinski definition) is 0. The first kappa shape index (κ1) is 16.7. The third kappa shape index (κ3) is 3.35. The van der Waals surface area contributed by atoms with Crippen molar-refractivity contribution in [3.05, 3.63) is 0 Å². The zero-order valence-corrected chi connectivity index (χ0v) is 14.7. The predicted octanol–water partition coefficient (Wildman–Crippen LogP) is 2.85. The topological polar surface area (TPSA) is 30.9 Å². The lowest BCUT2D eigenvalue weighted by Gasteiger charge is -2.52. The van der Waals surface area contributed by atoms with Crippen LogP contribution in [0.1, 0.15) is 52.4 Å². The minimum absolute atomic E-state index is 0.303. The summed E-state index contributed by atoms with van der Waals surface area (Å²) in [7, 11) is 3.64. The Hall–Kier alpha value is -0.160. The number of rotatable bonds is 6. The number of hydrogen-bond acceptors (Lipinski definition) is 4. The summed E-state index contributed by atoms with van der Waals surface area (Å²) in [6, 6.07) is 0. The van der Waals surface area contributed by atoms with E-state index in [1.54, 1.807) is 7.11 Å². The van der Waals surface area contributed by atoms with E-state index in [0.717, 1.165) is 18.8 Å². The van der Waals surface area contributed by atoms with Gasteiger partial charge in [0.05, 0.1) is 24.4 Å². The molecule has 0 aromatic heterocycles. The standard InChI is InChI=1S/C18H33NO3/c1-18(2,13-9-15(10-13)20-3)19-7-5-14(6-8-19)22-17-11-16(12-17)21-4/h13-17H,5-12H2,1-4H3/t13-,15-,16-,17-. The Bertz CT molecular complexity index is 353. The van der Waals surface area contributed by atoms with Crippen LogP contribution in [0.25, 0.3) is 0 Å². The Morgan fingerprint density at radius 2 is 1.32 bits per heavy atom. The van der Waals surface area contributed by atoms with Crippen LogP contribution in [0.2, 0.25) is 0 Å². The second kappa shape index (κ2) is 6.76. The minimum Gasteiger partial charge on any atom is -0.381 e. The van der Waals surface area contributed by atoms with Gasteiger partial charge in [-0.1, -0.05) is 0 Å². The summed E-state index contributed by atoms with van der Waals surface area (Å²) in [5, 5.41) is 0. The molecule has 0 aromatic rings. The molecule has 0 radical (unpaired) electrons. The zero-order valence-electron chi connectivity index (χ0n) is 14.7. The van der Waals surface area contributed by atoms with Gasteiger partial charge in [0, 0.05) is 32.8 Å². The largest absolute Gasteiger partial charge is 0.381 e. The second-order valence-electron chi connectivity index (χ2n) is 7.95. The maximum atomic E-state index is 6.23. The molecule has 3 aliphatic rings. The summed E-state index contributed by atoms with van der Waals surface area (Å²) in [6.07, 6.45) is 8.82. The number of piperidine rings is 1. The average Bonchev–Trinajstić information content (AvgIpc) is 2.41.